The number of hydrogen-bond donors (Lipinski definition) is 2. The Bertz CT molecular complexity index is 1730. The second-order valence-electron chi connectivity index (χ2n) is 8.57. The van der Waals surface area contributed by atoms with Crippen molar-refractivity contribution in [3.05, 3.63) is 86.7 Å². The summed E-state index contributed by atoms with van der Waals surface area (Å²) in [6.45, 7) is 10.6. The molecule has 0 bridgehead atoms. The summed E-state index contributed by atoms with van der Waals surface area (Å²) in [6.07, 6.45) is 0. The number of hydrogen-bond acceptors (Lipinski definition) is 6. The van der Waals surface area contributed by atoms with Gasteiger partial charge < -0.3 is 15.1 Å². The molecule has 3 aromatic carbocycles. The van der Waals surface area contributed by atoms with Crippen LogP contribution >= 0.6 is 27.7 Å². The molecule has 0 aliphatic heterocycles. The van der Waals surface area contributed by atoms with Gasteiger partial charge in [-0.25, -0.2) is 19.4 Å². The van der Waals surface area contributed by atoms with Crippen molar-refractivity contribution >= 4 is 67.8 Å². The van der Waals surface area contributed by atoms with Gasteiger partial charge in [-0.05, 0) is 52.7 Å². The molecule has 0 radical (unpaired) electrons. The highest BCUT2D eigenvalue weighted by Crippen LogP contribution is 2.51. The average Bonchev–Trinajstić information content (AvgIpc) is 2.91. The number of nitrogens with zero attached hydrogens (tertiary/aromatic N) is 3. The number of halogens is 1. The molecule has 8 nitrogen and oxygen atoms in total. The Kier molecular flexibility index (Phi) is 6.42. The molecular weight excluding hydrogens is 570 g/mol. The van der Waals surface area contributed by atoms with Crippen molar-refractivity contribution in [3.8, 4) is 11.1 Å². The summed E-state index contributed by atoms with van der Waals surface area (Å²) in [6, 6.07) is 12.7. The van der Waals surface area contributed by atoms with Gasteiger partial charge in [0.1, 0.15) is 5.82 Å². The zero-order chi connectivity index (χ0) is 27.3. The average molecular weight is 588 g/mol. The molecule has 4 aromatic rings. The molecule has 1 aliphatic carbocycles. The molecule has 1 heterocycles. The molecule has 188 valence electrons. The van der Waals surface area contributed by atoms with E-state index in [9.17, 15) is 24.6 Å². The zero-order valence-electron chi connectivity index (χ0n) is 20.1. The number of aromatic nitrogens is 1. The Balaban J connectivity index is 1.86. The van der Waals surface area contributed by atoms with Crippen LogP contribution in [-0.4, -0.2) is 46.5 Å². The number of rotatable bonds is 6. The number of carbonyl (C=O) groups is 3. The predicted molar refractivity (Wildman–Crippen MR) is 148 cm³/mol. The number of fused-ring (bicyclic) bond motifs is 2. The third-order valence-corrected chi connectivity index (χ3v) is 8.00. The minimum Gasteiger partial charge on any atom is -0.478 e. The lowest BCUT2D eigenvalue weighted by Crippen LogP contribution is -2.19. The summed E-state index contributed by atoms with van der Waals surface area (Å²) in [4.78, 5) is 48.6. The highest BCUT2D eigenvalue weighted by molar-refractivity contribution is 9.10. The molecule has 0 saturated carbocycles. The second kappa shape index (κ2) is 9.59. The fraction of sp³-hybridized carbons (Fsp3) is 0.107. The minimum atomic E-state index is -1.26. The Labute approximate surface area is 229 Å². The molecule has 38 heavy (non-hydrogen) atoms. The van der Waals surface area contributed by atoms with E-state index in [1.54, 1.807) is 18.2 Å². The van der Waals surface area contributed by atoms with Gasteiger partial charge in [0.15, 0.2) is 5.78 Å². The molecule has 1 aromatic heterocycles. The lowest BCUT2D eigenvalue weighted by molar-refractivity contribution is 0.0696. The third kappa shape index (κ3) is 4.00. The van der Waals surface area contributed by atoms with Gasteiger partial charge in [-0.15, -0.1) is 0 Å². The molecule has 1 aliphatic rings. The van der Waals surface area contributed by atoms with E-state index in [1.165, 1.54) is 12.1 Å². The SMILES string of the molecule is [C-]#[N+]c1c(N(C)CC)nc2c(Br)cc(Sc3cc(C(=O)O)cc(C(=O)O)c3)c3c2c1-c1ccccc1C3=O. The summed E-state index contributed by atoms with van der Waals surface area (Å²) in [7, 11) is 1.85. The van der Waals surface area contributed by atoms with Crippen LogP contribution < -0.4 is 4.90 Å². The fourth-order valence-electron chi connectivity index (χ4n) is 4.51. The summed E-state index contributed by atoms with van der Waals surface area (Å²) < 4.78 is 0.585. The van der Waals surface area contributed by atoms with Crippen LogP contribution in [0.4, 0.5) is 11.5 Å². The number of aromatic carboxylic acids is 2. The van der Waals surface area contributed by atoms with E-state index in [2.05, 4.69) is 20.8 Å². The minimum absolute atomic E-state index is 0.178. The number of benzene rings is 3. The van der Waals surface area contributed by atoms with E-state index < -0.39 is 11.9 Å². The van der Waals surface area contributed by atoms with Gasteiger partial charge in [-0.2, -0.15) is 0 Å². The summed E-state index contributed by atoms with van der Waals surface area (Å²) in [5.74, 6) is -2.28. The van der Waals surface area contributed by atoms with Crippen molar-refractivity contribution in [3.63, 3.8) is 0 Å². The van der Waals surface area contributed by atoms with E-state index in [0.29, 0.717) is 65.5 Å². The van der Waals surface area contributed by atoms with Gasteiger partial charge in [-0.1, -0.05) is 36.0 Å². The van der Waals surface area contributed by atoms with Gasteiger partial charge in [0, 0.05) is 49.9 Å². The Morgan fingerprint density at radius 1 is 1.05 bits per heavy atom. The van der Waals surface area contributed by atoms with Crippen molar-refractivity contribution in [2.24, 2.45) is 0 Å². The zero-order valence-corrected chi connectivity index (χ0v) is 22.5. The maximum atomic E-state index is 13.9. The molecule has 10 heteroatoms. The highest BCUT2D eigenvalue weighted by atomic mass is 79.9. The lowest BCUT2D eigenvalue weighted by atomic mass is 9.83. The smallest absolute Gasteiger partial charge is 0.335 e. The Morgan fingerprint density at radius 2 is 1.68 bits per heavy atom. The predicted octanol–water partition coefficient (Wildman–Crippen LogP) is 6.76. The van der Waals surface area contributed by atoms with E-state index in [4.69, 9.17) is 11.6 Å². The second-order valence-corrected chi connectivity index (χ2v) is 10.5. The molecule has 0 amide bonds. The molecule has 0 atom stereocenters. The molecular formula is C28H18BrN3O5S. The van der Waals surface area contributed by atoms with Crippen molar-refractivity contribution in [1.29, 1.82) is 0 Å². The largest absolute Gasteiger partial charge is 0.478 e. The molecule has 2 N–H and O–H groups in total. The van der Waals surface area contributed by atoms with Gasteiger partial charge in [0.2, 0.25) is 5.69 Å². The Hall–Kier alpha value is -4.20. The van der Waals surface area contributed by atoms with Gasteiger partial charge in [0.25, 0.3) is 0 Å². The van der Waals surface area contributed by atoms with Crippen molar-refractivity contribution in [1.82, 2.24) is 4.98 Å². The first-order valence-electron chi connectivity index (χ1n) is 11.4. The van der Waals surface area contributed by atoms with Crippen molar-refractivity contribution < 1.29 is 24.6 Å². The van der Waals surface area contributed by atoms with Gasteiger partial charge in [0.05, 0.1) is 23.2 Å². The van der Waals surface area contributed by atoms with E-state index >= 15 is 0 Å². The van der Waals surface area contributed by atoms with Crippen molar-refractivity contribution in [2.75, 3.05) is 18.5 Å². The quantitative estimate of drug-likeness (QED) is 0.209. The van der Waals surface area contributed by atoms with Crippen LogP contribution in [0.5, 0.6) is 0 Å². The standard InChI is InChI=1S/C28H18BrN3O5S/c1-4-32(3)26-24(30-2)20-16-7-5-6-8-17(16)25(33)21-19(12-18(29)23(31-26)22(20)21)38-15-10-13(27(34)35)9-14(11-15)28(36)37/h5-12H,4H2,1,3H3,(H,34,35)(H,36,37). The number of carbonyl (C=O) groups excluding carboxylic acids is 1. The molecule has 0 spiro atoms. The highest BCUT2D eigenvalue weighted by Gasteiger charge is 2.33. The summed E-state index contributed by atoms with van der Waals surface area (Å²) in [5.41, 5.74) is 2.53. The topological polar surface area (TPSA) is 112 Å². The van der Waals surface area contributed by atoms with Gasteiger partial charge in [-0.3, -0.25) is 4.79 Å². The monoisotopic (exact) mass is 587 g/mol. The normalized spacial score (nSPS) is 11.7. The van der Waals surface area contributed by atoms with E-state index in [0.717, 1.165) is 17.8 Å². The van der Waals surface area contributed by atoms with Crippen LogP contribution in [0.1, 0.15) is 43.6 Å². The maximum Gasteiger partial charge on any atom is 0.335 e. The van der Waals surface area contributed by atoms with E-state index in [-0.39, 0.29) is 16.9 Å². The van der Waals surface area contributed by atoms with Crippen LogP contribution in [-0.2, 0) is 0 Å². The summed E-state index contributed by atoms with van der Waals surface area (Å²) >= 11 is 4.69. The summed E-state index contributed by atoms with van der Waals surface area (Å²) in [5, 5.41) is 19.5. The molecule has 5 rings (SSSR count). The van der Waals surface area contributed by atoms with E-state index in [1.807, 2.05) is 31.0 Å². The number of ketones is 1. The molecule has 0 saturated heterocycles. The fourth-order valence-corrected chi connectivity index (χ4v) is 6.28. The lowest BCUT2D eigenvalue weighted by Gasteiger charge is -2.27. The van der Waals surface area contributed by atoms with Gasteiger partial charge >= 0.3 is 11.9 Å². The number of carboxylic acid groups (broad SMARTS) is 2. The maximum absolute atomic E-state index is 13.9. The van der Waals surface area contributed by atoms with Crippen LogP contribution in [0.15, 0.2) is 62.8 Å². The Morgan fingerprint density at radius 3 is 2.26 bits per heavy atom. The first-order valence-corrected chi connectivity index (χ1v) is 13.0. The molecule has 0 fully saturated rings. The van der Waals surface area contributed by atoms with Crippen LogP contribution in [0.25, 0.3) is 26.9 Å². The first kappa shape index (κ1) is 25.4. The van der Waals surface area contributed by atoms with Crippen LogP contribution in [0.2, 0.25) is 0 Å². The third-order valence-electron chi connectivity index (χ3n) is 6.38. The number of anilines is 1. The number of pyridine rings is 1. The van der Waals surface area contributed by atoms with Crippen LogP contribution in [0.3, 0.4) is 0 Å². The van der Waals surface area contributed by atoms with Crippen molar-refractivity contribution in [2.45, 2.75) is 16.7 Å². The molecule has 0 unspecified atom stereocenters. The first-order chi connectivity index (χ1) is 18.2. The van der Waals surface area contributed by atoms with Crippen LogP contribution in [0, 0.1) is 6.57 Å². The number of carboxylic acids is 2.